The van der Waals surface area contributed by atoms with Crippen molar-refractivity contribution < 1.29 is 14.7 Å². The molecule has 0 heterocycles. The first-order chi connectivity index (χ1) is 9.04. The fourth-order valence-corrected chi connectivity index (χ4v) is 1.69. The lowest BCUT2D eigenvalue weighted by molar-refractivity contribution is -0.141. The molecule has 2 unspecified atom stereocenters. The van der Waals surface area contributed by atoms with E-state index in [1.54, 1.807) is 6.92 Å². The van der Waals surface area contributed by atoms with Crippen LogP contribution in [0.5, 0.6) is 0 Å². The maximum absolute atomic E-state index is 11.7. The van der Waals surface area contributed by atoms with E-state index in [0.29, 0.717) is 6.42 Å². The molecule has 5 heteroatoms. The van der Waals surface area contributed by atoms with Crippen molar-refractivity contribution in [1.82, 2.24) is 10.6 Å². The predicted octanol–water partition coefficient (Wildman–Crippen LogP) is 2.16. The molecule has 5 nitrogen and oxygen atoms in total. The van der Waals surface area contributed by atoms with Crippen molar-refractivity contribution in [3.05, 3.63) is 35.9 Å². The molecular weight excluding hydrogens is 244 g/mol. The van der Waals surface area contributed by atoms with Gasteiger partial charge in [0.05, 0.1) is 12.0 Å². The number of carboxylic acid groups (broad SMARTS) is 1. The van der Waals surface area contributed by atoms with Crippen molar-refractivity contribution in [3.63, 3.8) is 0 Å². The molecule has 0 aromatic heterocycles. The monoisotopic (exact) mass is 264 g/mol. The summed E-state index contributed by atoms with van der Waals surface area (Å²) in [7, 11) is 0. The largest absolute Gasteiger partial charge is 0.481 e. The topological polar surface area (TPSA) is 78.4 Å². The van der Waals surface area contributed by atoms with Crippen LogP contribution in [0.25, 0.3) is 0 Å². The predicted molar refractivity (Wildman–Crippen MR) is 72.8 cm³/mol. The SMILES string of the molecule is CCC(CNC(=O)NC(C)c1ccccc1)C(=O)O. The van der Waals surface area contributed by atoms with Crippen LogP contribution in [0.4, 0.5) is 4.79 Å². The molecule has 0 fully saturated rings. The Labute approximate surface area is 113 Å². The van der Waals surface area contributed by atoms with Crippen LogP contribution >= 0.6 is 0 Å². The number of hydrogen-bond acceptors (Lipinski definition) is 2. The molecule has 2 amide bonds. The molecule has 3 N–H and O–H groups in total. The van der Waals surface area contributed by atoms with Crippen LogP contribution in [0.3, 0.4) is 0 Å². The van der Waals surface area contributed by atoms with Gasteiger partial charge in [-0.05, 0) is 18.9 Å². The van der Waals surface area contributed by atoms with Crippen molar-refractivity contribution in [3.8, 4) is 0 Å². The number of carboxylic acids is 1. The third kappa shape index (κ3) is 4.99. The summed E-state index contributed by atoms with van der Waals surface area (Å²) in [6, 6.07) is 9.11. The summed E-state index contributed by atoms with van der Waals surface area (Å²) in [5.41, 5.74) is 1.00. The normalized spacial score (nSPS) is 13.4. The van der Waals surface area contributed by atoms with Crippen molar-refractivity contribution in [2.45, 2.75) is 26.3 Å². The van der Waals surface area contributed by atoms with Crippen molar-refractivity contribution in [2.75, 3.05) is 6.54 Å². The number of carbonyl (C=O) groups is 2. The van der Waals surface area contributed by atoms with Gasteiger partial charge in [-0.25, -0.2) is 4.79 Å². The van der Waals surface area contributed by atoms with E-state index < -0.39 is 11.9 Å². The van der Waals surface area contributed by atoms with E-state index in [2.05, 4.69) is 10.6 Å². The first-order valence-corrected chi connectivity index (χ1v) is 6.36. The quantitative estimate of drug-likeness (QED) is 0.736. The van der Waals surface area contributed by atoms with Crippen LogP contribution in [0, 0.1) is 5.92 Å². The van der Waals surface area contributed by atoms with Gasteiger partial charge in [-0.1, -0.05) is 37.3 Å². The van der Waals surface area contributed by atoms with E-state index in [4.69, 9.17) is 5.11 Å². The minimum Gasteiger partial charge on any atom is -0.481 e. The molecule has 0 radical (unpaired) electrons. The van der Waals surface area contributed by atoms with Crippen LogP contribution in [0.1, 0.15) is 31.9 Å². The molecule has 1 rings (SSSR count). The molecule has 0 saturated heterocycles. The summed E-state index contributed by atoms with van der Waals surface area (Å²) < 4.78 is 0. The van der Waals surface area contributed by atoms with E-state index in [1.165, 1.54) is 0 Å². The highest BCUT2D eigenvalue weighted by Gasteiger charge is 2.16. The number of aliphatic carboxylic acids is 1. The molecule has 0 saturated carbocycles. The van der Waals surface area contributed by atoms with Crippen LogP contribution in [-0.4, -0.2) is 23.7 Å². The smallest absolute Gasteiger partial charge is 0.315 e. The first kappa shape index (κ1) is 15.0. The zero-order chi connectivity index (χ0) is 14.3. The average Bonchev–Trinajstić information content (AvgIpc) is 2.40. The maximum Gasteiger partial charge on any atom is 0.315 e. The van der Waals surface area contributed by atoms with Gasteiger partial charge in [0.25, 0.3) is 0 Å². The number of rotatable bonds is 6. The van der Waals surface area contributed by atoms with Gasteiger partial charge in [-0.3, -0.25) is 4.79 Å². The summed E-state index contributed by atoms with van der Waals surface area (Å²) >= 11 is 0. The van der Waals surface area contributed by atoms with Gasteiger partial charge in [-0.2, -0.15) is 0 Å². The maximum atomic E-state index is 11.7. The summed E-state index contributed by atoms with van der Waals surface area (Å²) in [4.78, 5) is 22.5. The highest BCUT2D eigenvalue weighted by molar-refractivity contribution is 5.76. The van der Waals surface area contributed by atoms with Crippen molar-refractivity contribution in [2.24, 2.45) is 5.92 Å². The number of urea groups is 1. The lowest BCUT2D eigenvalue weighted by Gasteiger charge is -2.16. The zero-order valence-corrected chi connectivity index (χ0v) is 11.2. The lowest BCUT2D eigenvalue weighted by atomic mass is 10.1. The average molecular weight is 264 g/mol. The third-order valence-electron chi connectivity index (χ3n) is 3.00. The van der Waals surface area contributed by atoms with Gasteiger partial charge in [0.15, 0.2) is 0 Å². The van der Waals surface area contributed by atoms with Crippen molar-refractivity contribution in [1.29, 1.82) is 0 Å². The van der Waals surface area contributed by atoms with Crippen LogP contribution < -0.4 is 10.6 Å². The van der Waals surface area contributed by atoms with Gasteiger partial charge in [0.1, 0.15) is 0 Å². The summed E-state index contributed by atoms with van der Waals surface area (Å²) in [6.45, 7) is 3.80. The minimum absolute atomic E-state index is 0.119. The second kappa shape index (κ2) is 7.41. The Balaban J connectivity index is 2.41. The Morgan fingerprint density at radius 2 is 1.89 bits per heavy atom. The molecule has 0 aliphatic heterocycles. The Hall–Kier alpha value is -2.04. The standard InChI is InChI=1S/C14H20N2O3/c1-3-11(13(17)18)9-15-14(19)16-10(2)12-7-5-4-6-8-12/h4-8,10-11H,3,9H2,1-2H3,(H,17,18)(H2,15,16,19). The zero-order valence-electron chi connectivity index (χ0n) is 11.2. The number of amides is 2. The lowest BCUT2D eigenvalue weighted by Crippen LogP contribution is -2.40. The Bertz CT molecular complexity index is 420. The Morgan fingerprint density at radius 1 is 1.26 bits per heavy atom. The molecule has 0 aliphatic carbocycles. The van der Waals surface area contributed by atoms with E-state index in [1.807, 2.05) is 37.3 Å². The fraction of sp³-hybridized carbons (Fsp3) is 0.429. The molecular formula is C14H20N2O3. The van der Waals surface area contributed by atoms with Gasteiger partial charge in [-0.15, -0.1) is 0 Å². The minimum atomic E-state index is -0.890. The molecule has 2 atom stereocenters. The molecule has 0 spiro atoms. The van der Waals surface area contributed by atoms with Crippen molar-refractivity contribution >= 4 is 12.0 Å². The Kier molecular flexibility index (Phi) is 5.85. The number of hydrogen-bond donors (Lipinski definition) is 3. The van der Waals surface area contributed by atoms with Crippen LogP contribution in [0.2, 0.25) is 0 Å². The van der Waals surface area contributed by atoms with Gasteiger partial charge in [0, 0.05) is 6.54 Å². The van der Waals surface area contributed by atoms with Gasteiger partial charge in [0.2, 0.25) is 0 Å². The summed E-state index contributed by atoms with van der Waals surface area (Å²) in [5, 5.41) is 14.2. The van der Waals surface area contributed by atoms with E-state index in [9.17, 15) is 9.59 Å². The van der Waals surface area contributed by atoms with E-state index in [-0.39, 0.29) is 18.6 Å². The molecule has 19 heavy (non-hydrogen) atoms. The fourth-order valence-electron chi connectivity index (χ4n) is 1.69. The number of carbonyl (C=O) groups excluding carboxylic acids is 1. The van der Waals surface area contributed by atoms with E-state index in [0.717, 1.165) is 5.56 Å². The highest BCUT2D eigenvalue weighted by Crippen LogP contribution is 2.10. The summed E-state index contributed by atoms with van der Waals surface area (Å²) in [6.07, 6.45) is 0.490. The molecule has 104 valence electrons. The third-order valence-corrected chi connectivity index (χ3v) is 3.00. The highest BCUT2D eigenvalue weighted by atomic mass is 16.4. The van der Waals surface area contributed by atoms with Gasteiger partial charge >= 0.3 is 12.0 Å². The molecule has 0 aliphatic rings. The molecule has 1 aromatic carbocycles. The first-order valence-electron chi connectivity index (χ1n) is 6.36. The van der Waals surface area contributed by atoms with Crippen LogP contribution in [-0.2, 0) is 4.79 Å². The summed E-state index contributed by atoms with van der Waals surface area (Å²) in [5.74, 6) is -1.43. The number of nitrogens with one attached hydrogen (secondary N) is 2. The molecule has 0 bridgehead atoms. The van der Waals surface area contributed by atoms with Crippen LogP contribution in [0.15, 0.2) is 30.3 Å². The second-order valence-corrected chi connectivity index (χ2v) is 4.43. The van der Waals surface area contributed by atoms with Gasteiger partial charge < -0.3 is 15.7 Å². The number of benzene rings is 1. The van der Waals surface area contributed by atoms with E-state index >= 15 is 0 Å². The second-order valence-electron chi connectivity index (χ2n) is 4.43. The Morgan fingerprint density at radius 3 is 2.42 bits per heavy atom. The molecule has 1 aromatic rings.